The molecule has 2 heterocycles. The fourth-order valence-corrected chi connectivity index (χ4v) is 3.14. The number of thiazole rings is 1. The number of amides is 2. The number of nitrogens with zero attached hydrogens (tertiary/aromatic N) is 2. The van der Waals surface area contributed by atoms with Gasteiger partial charge in [-0.3, -0.25) is 9.59 Å². The van der Waals surface area contributed by atoms with Gasteiger partial charge in [-0.2, -0.15) is 4.99 Å². The van der Waals surface area contributed by atoms with Gasteiger partial charge >= 0.3 is 0 Å². The van der Waals surface area contributed by atoms with Crippen LogP contribution in [0.5, 0.6) is 0 Å². The van der Waals surface area contributed by atoms with Crippen LogP contribution in [0, 0.1) is 0 Å². The third-order valence-electron chi connectivity index (χ3n) is 3.29. The molecular weight excluding hydrogens is 326 g/mol. The molecule has 2 amide bonds. The van der Waals surface area contributed by atoms with Crippen molar-refractivity contribution >= 4 is 39.4 Å². The molecule has 0 aliphatic rings. The van der Waals surface area contributed by atoms with E-state index in [2.05, 4.69) is 10.3 Å². The first-order valence-electron chi connectivity index (χ1n) is 7.25. The molecule has 6 nitrogen and oxygen atoms in total. The summed E-state index contributed by atoms with van der Waals surface area (Å²) in [5.41, 5.74) is 1.01. The summed E-state index contributed by atoms with van der Waals surface area (Å²) >= 11 is 1.43. The lowest BCUT2D eigenvalue weighted by Gasteiger charge is -1.97. The minimum atomic E-state index is -0.406. The van der Waals surface area contributed by atoms with Gasteiger partial charge in [0.2, 0.25) is 5.91 Å². The van der Waals surface area contributed by atoms with E-state index in [0.29, 0.717) is 10.6 Å². The van der Waals surface area contributed by atoms with Crippen molar-refractivity contribution in [3.63, 3.8) is 0 Å². The zero-order chi connectivity index (χ0) is 16.9. The standard InChI is InChI=1S/C17H15N3O3S/c1-20-13-6-2-3-7-14(13)24-17(20)19-16(22)11-18-15(21)9-8-12-5-4-10-23-12/h2-10H,11H2,1H3,(H,18,21). The van der Waals surface area contributed by atoms with E-state index in [1.165, 1.54) is 29.8 Å². The van der Waals surface area contributed by atoms with Crippen LogP contribution in [0.1, 0.15) is 5.76 Å². The van der Waals surface area contributed by atoms with Gasteiger partial charge in [-0.15, -0.1) is 0 Å². The van der Waals surface area contributed by atoms with Gasteiger partial charge in [-0.25, -0.2) is 0 Å². The fraction of sp³-hybridized carbons (Fsp3) is 0.118. The SMILES string of the molecule is Cn1c(=NC(=O)CNC(=O)C=Cc2ccco2)sc2ccccc21. The average Bonchev–Trinajstić information content (AvgIpc) is 3.20. The van der Waals surface area contributed by atoms with Crippen molar-refractivity contribution in [3.05, 3.63) is 59.3 Å². The molecule has 0 saturated carbocycles. The summed E-state index contributed by atoms with van der Waals surface area (Å²) in [5, 5.41) is 2.50. The molecule has 3 aromatic rings. The first-order valence-corrected chi connectivity index (χ1v) is 8.06. The second kappa shape index (κ2) is 7.10. The van der Waals surface area contributed by atoms with Crippen molar-refractivity contribution in [2.24, 2.45) is 12.0 Å². The summed E-state index contributed by atoms with van der Waals surface area (Å²) in [4.78, 5) is 28.3. The number of para-hydroxylation sites is 1. The first-order chi connectivity index (χ1) is 11.6. The molecule has 24 heavy (non-hydrogen) atoms. The van der Waals surface area contributed by atoms with E-state index < -0.39 is 5.91 Å². The second-order valence-corrected chi connectivity index (χ2v) is 5.99. The molecule has 122 valence electrons. The largest absolute Gasteiger partial charge is 0.465 e. The lowest BCUT2D eigenvalue weighted by atomic mass is 10.3. The molecule has 0 atom stereocenters. The Bertz CT molecular complexity index is 965. The fourth-order valence-electron chi connectivity index (χ4n) is 2.10. The van der Waals surface area contributed by atoms with Crippen molar-refractivity contribution in [3.8, 4) is 0 Å². The number of hydrogen-bond acceptors (Lipinski definition) is 4. The Labute approximate surface area is 141 Å². The van der Waals surface area contributed by atoms with E-state index in [1.807, 2.05) is 35.9 Å². The Balaban J connectivity index is 1.64. The number of benzene rings is 1. The Kier molecular flexibility index (Phi) is 4.72. The highest BCUT2D eigenvalue weighted by Gasteiger charge is 2.05. The molecule has 1 aromatic carbocycles. The van der Waals surface area contributed by atoms with Crippen LogP contribution >= 0.6 is 11.3 Å². The average molecular weight is 341 g/mol. The van der Waals surface area contributed by atoms with Crippen LogP contribution in [0.2, 0.25) is 0 Å². The topological polar surface area (TPSA) is 76.6 Å². The van der Waals surface area contributed by atoms with Gasteiger partial charge < -0.3 is 14.3 Å². The summed E-state index contributed by atoms with van der Waals surface area (Å²) in [7, 11) is 1.86. The van der Waals surface area contributed by atoms with Gasteiger partial charge in [-0.05, 0) is 30.3 Å². The van der Waals surface area contributed by atoms with Gasteiger partial charge in [-0.1, -0.05) is 23.5 Å². The second-order valence-electron chi connectivity index (χ2n) is 4.98. The smallest absolute Gasteiger partial charge is 0.267 e. The van der Waals surface area contributed by atoms with Crippen LogP contribution in [-0.2, 0) is 16.6 Å². The number of nitrogens with one attached hydrogen (secondary N) is 1. The Morgan fingerprint density at radius 1 is 1.29 bits per heavy atom. The highest BCUT2D eigenvalue weighted by molar-refractivity contribution is 7.16. The number of hydrogen-bond donors (Lipinski definition) is 1. The number of rotatable bonds is 4. The number of aryl methyl sites for hydroxylation is 1. The lowest BCUT2D eigenvalue weighted by molar-refractivity contribution is -0.122. The van der Waals surface area contributed by atoms with E-state index in [4.69, 9.17) is 4.42 Å². The van der Waals surface area contributed by atoms with E-state index in [-0.39, 0.29) is 12.5 Å². The predicted molar refractivity (Wildman–Crippen MR) is 92.1 cm³/mol. The summed E-state index contributed by atoms with van der Waals surface area (Å²) in [5.74, 6) is -0.217. The minimum absolute atomic E-state index is 0.157. The third-order valence-corrected chi connectivity index (χ3v) is 4.40. The summed E-state index contributed by atoms with van der Waals surface area (Å²) in [6.45, 7) is -0.157. The van der Waals surface area contributed by atoms with Gasteiger partial charge in [0, 0.05) is 13.1 Å². The Hall–Kier alpha value is -2.93. The Morgan fingerprint density at radius 2 is 2.12 bits per heavy atom. The molecule has 0 radical (unpaired) electrons. The zero-order valence-electron chi connectivity index (χ0n) is 12.9. The molecule has 0 unspecified atom stereocenters. The van der Waals surface area contributed by atoms with E-state index in [0.717, 1.165) is 10.2 Å². The monoisotopic (exact) mass is 341 g/mol. The maximum Gasteiger partial charge on any atom is 0.267 e. The molecule has 1 N–H and O–H groups in total. The minimum Gasteiger partial charge on any atom is -0.465 e. The van der Waals surface area contributed by atoms with Crippen molar-refractivity contribution in [2.75, 3.05) is 6.54 Å². The molecule has 0 bridgehead atoms. The van der Waals surface area contributed by atoms with Crippen LogP contribution in [0.15, 0.2) is 58.1 Å². The summed E-state index contributed by atoms with van der Waals surface area (Å²) < 4.78 is 7.99. The Morgan fingerprint density at radius 3 is 2.88 bits per heavy atom. The van der Waals surface area contributed by atoms with Crippen LogP contribution in [0.25, 0.3) is 16.3 Å². The van der Waals surface area contributed by atoms with Crippen LogP contribution in [0.3, 0.4) is 0 Å². The highest BCUT2D eigenvalue weighted by atomic mass is 32.1. The summed E-state index contributed by atoms with van der Waals surface area (Å²) in [6.07, 6.45) is 4.36. The van der Waals surface area contributed by atoms with Gasteiger partial charge in [0.1, 0.15) is 5.76 Å². The van der Waals surface area contributed by atoms with Gasteiger partial charge in [0.15, 0.2) is 4.80 Å². The van der Waals surface area contributed by atoms with E-state index in [9.17, 15) is 9.59 Å². The molecule has 0 fully saturated rings. The number of aromatic nitrogens is 1. The highest BCUT2D eigenvalue weighted by Crippen LogP contribution is 2.15. The quantitative estimate of drug-likeness (QED) is 0.738. The summed E-state index contributed by atoms with van der Waals surface area (Å²) in [6, 6.07) is 11.3. The molecule has 0 aliphatic carbocycles. The zero-order valence-corrected chi connectivity index (χ0v) is 13.7. The molecule has 2 aromatic heterocycles. The van der Waals surface area contributed by atoms with Crippen LogP contribution in [-0.4, -0.2) is 22.9 Å². The van der Waals surface area contributed by atoms with Gasteiger partial charge in [0.05, 0.1) is 23.0 Å². The van der Waals surface area contributed by atoms with E-state index in [1.54, 1.807) is 12.1 Å². The maximum absolute atomic E-state index is 11.9. The van der Waals surface area contributed by atoms with Crippen molar-refractivity contribution in [2.45, 2.75) is 0 Å². The van der Waals surface area contributed by atoms with Crippen molar-refractivity contribution in [1.82, 2.24) is 9.88 Å². The molecule has 0 spiro atoms. The lowest BCUT2D eigenvalue weighted by Crippen LogP contribution is -2.28. The van der Waals surface area contributed by atoms with Crippen molar-refractivity contribution in [1.29, 1.82) is 0 Å². The normalized spacial score (nSPS) is 12.1. The molecule has 3 rings (SSSR count). The maximum atomic E-state index is 11.9. The number of fused-ring (bicyclic) bond motifs is 1. The van der Waals surface area contributed by atoms with Crippen LogP contribution in [0.4, 0.5) is 0 Å². The molecule has 0 saturated heterocycles. The molecular formula is C17H15N3O3S. The van der Waals surface area contributed by atoms with Crippen LogP contribution < -0.4 is 10.1 Å². The number of carbonyl (C=O) groups excluding carboxylic acids is 2. The molecule has 7 heteroatoms. The molecule has 0 aliphatic heterocycles. The number of furan rings is 1. The predicted octanol–water partition coefficient (Wildman–Crippen LogP) is 2.09. The van der Waals surface area contributed by atoms with Gasteiger partial charge in [0.25, 0.3) is 5.91 Å². The van der Waals surface area contributed by atoms with E-state index >= 15 is 0 Å². The first kappa shape index (κ1) is 15.9. The number of carbonyl (C=O) groups is 2. The van der Waals surface area contributed by atoms with Crippen molar-refractivity contribution < 1.29 is 14.0 Å². The third kappa shape index (κ3) is 3.69.